The Morgan fingerprint density at radius 1 is 1.21 bits per heavy atom. The van der Waals surface area contributed by atoms with Crippen molar-refractivity contribution < 1.29 is 22.3 Å². The molecule has 1 aliphatic heterocycles. The van der Waals surface area contributed by atoms with Crippen LogP contribution in [0.4, 0.5) is 4.39 Å². The fourth-order valence-corrected chi connectivity index (χ4v) is 4.32. The van der Waals surface area contributed by atoms with Gasteiger partial charge in [-0.05, 0) is 35.7 Å². The lowest BCUT2D eigenvalue weighted by Gasteiger charge is -2.22. The quantitative estimate of drug-likeness (QED) is 0.825. The maximum atomic E-state index is 13.9. The molecule has 3 rings (SSSR count). The van der Waals surface area contributed by atoms with Crippen LogP contribution in [0.1, 0.15) is 5.56 Å². The van der Waals surface area contributed by atoms with E-state index in [4.69, 9.17) is 4.74 Å². The van der Waals surface area contributed by atoms with Gasteiger partial charge in [-0.2, -0.15) is 4.31 Å². The molecule has 1 heterocycles. The molecule has 6 nitrogen and oxygen atoms in total. The Hall–Kier alpha value is -2.45. The average Bonchev–Trinajstić information content (AvgIpc) is 2.84. The Morgan fingerprint density at radius 2 is 1.96 bits per heavy atom. The van der Waals surface area contributed by atoms with Gasteiger partial charge in [0, 0.05) is 25.2 Å². The average molecular weight is 406 g/mol. The van der Waals surface area contributed by atoms with Crippen molar-refractivity contribution in [1.29, 1.82) is 0 Å². The number of benzene rings is 2. The summed E-state index contributed by atoms with van der Waals surface area (Å²) in [5, 5.41) is 2.78. The second-order valence-corrected chi connectivity index (χ2v) is 8.80. The molecule has 1 unspecified atom stereocenters. The van der Waals surface area contributed by atoms with Crippen molar-refractivity contribution >= 4 is 15.9 Å². The van der Waals surface area contributed by atoms with Crippen LogP contribution in [0, 0.1) is 11.7 Å². The number of methoxy groups -OCH3 is 1. The largest absolute Gasteiger partial charge is 0.496 e. The van der Waals surface area contributed by atoms with Gasteiger partial charge in [0.2, 0.25) is 15.9 Å². The minimum absolute atomic E-state index is 0.110. The van der Waals surface area contributed by atoms with E-state index in [1.54, 1.807) is 6.07 Å². The molecule has 0 bridgehead atoms. The summed E-state index contributed by atoms with van der Waals surface area (Å²) in [7, 11) is -1.89. The normalized spacial score (nSPS) is 18.4. The number of amides is 1. The third-order valence-electron chi connectivity index (χ3n) is 4.86. The second-order valence-electron chi connectivity index (χ2n) is 6.81. The number of sulfonamides is 1. The summed E-state index contributed by atoms with van der Waals surface area (Å²) in [4.78, 5) is 12.5. The first-order valence-corrected chi connectivity index (χ1v) is 10.8. The molecule has 8 heteroatoms. The smallest absolute Gasteiger partial charge is 0.224 e. The van der Waals surface area contributed by atoms with Crippen LogP contribution >= 0.6 is 0 Å². The van der Waals surface area contributed by atoms with E-state index in [1.807, 2.05) is 24.3 Å². The molecule has 0 aromatic heterocycles. The lowest BCUT2D eigenvalue weighted by Crippen LogP contribution is -2.36. The zero-order valence-corrected chi connectivity index (χ0v) is 16.6. The Balaban J connectivity index is 1.97. The summed E-state index contributed by atoms with van der Waals surface area (Å²) in [6, 6.07) is 11.7. The van der Waals surface area contributed by atoms with Crippen molar-refractivity contribution in [3.63, 3.8) is 0 Å². The van der Waals surface area contributed by atoms with E-state index in [0.29, 0.717) is 17.7 Å². The number of nitrogens with one attached hydrogen (secondary N) is 1. The van der Waals surface area contributed by atoms with Crippen molar-refractivity contribution in [1.82, 2.24) is 9.62 Å². The first kappa shape index (κ1) is 20.3. The zero-order chi connectivity index (χ0) is 20.3. The summed E-state index contributed by atoms with van der Waals surface area (Å²) in [6.45, 7) is 0.640. The summed E-state index contributed by atoms with van der Waals surface area (Å²) in [5.41, 5.74) is 2.16. The Morgan fingerprint density at radius 3 is 2.68 bits per heavy atom. The molecule has 1 aliphatic rings. The standard InChI is InChI=1S/C20H23FN2O4S/c1-27-19-8-7-16(21)12-18(19)17-6-4-3-5-14(17)11-15-13-23(28(2,25)26)10-9-22-20(15)24/h3-8,12,15H,9-11,13H2,1-2H3,(H,22,24). The van der Waals surface area contributed by atoms with Gasteiger partial charge in [0.05, 0.1) is 19.3 Å². The first-order chi connectivity index (χ1) is 13.3. The lowest BCUT2D eigenvalue weighted by atomic mass is 9.91. The maximum Gasteiger partial charge on any atom is 0.224 e. The molecule has 1 amide bonds. The number of hydrogen-bond acceptors (Lipinski definition) is 4. The molecule has 2 aromatic carbocycles. The summed E-state index contributed by atoms with van der Waals surface area (Å²) >= 11 is 0. The number of carbonyl (C=O) groups is 1. The second kappa shape index (κ2) is 8.28. The van der Waals surface area contributed by atoms with E-state index in [9.17, 15) is 17.6 Å². The summed E-state index contributed by atoms with van der Waals surface area (Å²) in [6.07, 6.45) is 1.47. The highest BCUT2D eigenvalue weighted by atomic mass is 32.2. The van der Waals surface area contributed by atoms with Crippen LogP contribution in [0.5, 0.6) is 5.75 Å². The number of hydrogen-bond donors (Lipinski definition) is 1. The molecule has 0 aliphatic carbocycles. The number of ether oxygens (including phenoxy) is 1. The van der Waals surface area contributed by atoms with Gasteiger partial charge >= 0.3 is 0 Å². The molecule has 1 atom stereocenters. The minimum Gasteiger partial charge on any atom is -0.496 e. The van der Waals surface area contributed by atoms with Crippen LogP contribution in [-0.2, 0) is 21.2 Å². The van der Waals surface area contributed by atoms with E-state index < -0.39 is 15.9 Å². The van der Waals surface area contributed by atoms with Crippen LogP contribution in [0.15, 0.2) is 42.5 Å². The molecule has 0 radical (unpaired) electrons. The van der Waals surface area contributed by atoms with Crippen molar-refractivity contribution in [3.8, 4) is 16.9 Å². The number of rotatable bonds is 5. The van der Waals surface area contributed by atoms with Crippen LogP contribution in [0.3, 0.4) is 0 Å². The Bertz CT molecular complexity index is 978. The highest BCUT2D eigenvalue weighted by Gasteiger charge is 2.30. The molecule has 1 N–H and O–H groups in total. The zero-order valence-electron chi connectivity index (χ0n) is 15.8. The Labute approximate surface area is 164 Å². The van der Waals surface area contributed by atoms with Crippen molar-refractivity contribution in [2.24, 2.45) is 5.92 Å². The molecular weight excluding hydrogens is 383 g/mol. The van der Waals surface area contributed by atoms with Gasteiger partial charge in [-0.15, -0.1) is 0 Å². The fourth-order valence-electron chi connectivity index (χ4n) is 3.44. The summed E-state index contributed by atoms with van der Waals surface area (Å²) < 4.78 is 44.5. The van der Waals surface area contributed by atoms with Crippen molar-refractivity contribution in [2.45, 2.75) is 6.42 Å². The van der Waals surface area contributed by atoms with E-state index in [2.05, 4.69) is 5.32 Å². The van der Waals surface area contributed by atoms with E-state index in [-0.39, 0.29) is 31.4 Å². The SMILES string of the molecule is COc1ccc(F)cc1-c1ccccc1CC1CN(S(C)(=O)=O)CCNC1=O. The van der Waals surface area contributed by atoms with Gasteiger partial charge in [0.15, 0.2) is 0 Å². The number of carbonyl (C=O) groups excluding carboxylic acids is 1. The van der Waals surface area contributed by atoms with Crippen LogP contribution in [0.2, 0.25) is 0 Å². The molecule has 0 spiro atoms. The molecule has 1 saturated heterocycles. The van der Waals surface area contributed by atoms with E-state index in [1.165, 1.54) is 23.5 Å². The van der Waals surface area contributed by atoms with Crippen molar-refractivity contribution in [3.05, 3.63) is 53.8 Å². The molecule has 1 fully saturated rings. The fraction of sp³-hybridized carbons (Fsp3) is 0.350. The molecule has 0 saturated carbocycles. The predicted octanol–water partition coefficient (Wildman–Crippen LogP) is 2.05. The van der Waals surface area contributed by atoms with E-state index in [0.717, 1.165) is 17.4 Å². The predicted molar refractivity (Wildman–Crippen MR) is 105 cm³/mol. The van der Waals surface area contributed by atoms with Gasteiger partial charge in [0.1, 0.15) is 11.6 Å². The van der Waals surface area contributed by atoms with Gasteiger partial charge in [-0.25, -0.2) is 12.8 Å². The molecule has 2 aromatic rings. The topological polar surface area (TPSA) is 75.7 Å². The lowest BCUT2D eigenvalue weighted by molar-refractivity contribution is -0.124. The molecule has 28 heavy (non-hydrogen) atoms. The highest BCUT2D eigenvalue weighted by molar-refractivity contribution is 7.88. The van der Waals surface area contributed by atoms with Gasteiger partial charge in [-0.1, -0.05) is 24.3 Å². The molecular formula is C20H23FN2O4S. The van der Waals surface area contributed by atoms with Gasteiger partial charge < -0.3 is 10.1 Å². The van der Waals surface area contributed by atoms with Gasteiger partial charge in [-0.3, -0.25) is 4.79 Å². The van der Waals surface area contributed by atoms with Crippen LogP contribution in [0.25, 0.3) is 11.1 Å². The van der Waals surface area contributed by atoms with Crippen molar-refractivity contribution in [2.75, 3.05) is 33.0 Å². The minimum atomic E-state index is -3.40. The highest BCUT2D eigenvalue weighted by Crippen LogP contribution is 2.34. The van der Waals surface area contributed by atoms with Gasteiger partial charge in [0.25, 0.3) is 0 Å². The van der Waals surface area contributed by atoms with E-state index >= 15 is 0 Å². The third kappa shape index (κ3) is 4.51. The monoisotopic (exact) mass is 406 g/mol. The van der Waals surface area contributed by atoms with Crippen LogP contribution < -0.4 is 10.1 Å². The number of nitrogens with zero attached hydrogens (tertiary/aromatic N) is 1. The first-order valence-electron chi connectivity index (χ1n) is 8.94. The molecule has 150 valence electrons. The summed E-state index contributed by atoms with van der Waals surface area (Å²) in [5.74, 6) is -0.594. The Kier molecular flexibility index (Phi) is 6.00. The number of halogens is 1. The maximum absolute atomic E-state index is 13.9. The third-order valence-corrected chi connectivity index (χ3v) is 6.13. The van der Waals surface area contributed by atoms with Crippen LogP contribution in [-0.4, -0.2) is 51.6 Å².